The number of amides is 11. The topological polar surface area (TPSA) is 672 Å². The summed E-state index contributed by atoms with van der Waals surface area (Å²) in [5, 5.41) is 87.9. The number of rotatable bonds is 56. The Kier molecular flexibility index (Phi) is 61.1. The van der Waals surface area contributed by atoms with E-state index >= 15 is 0 Å². The lowest BCUT2D eigenvalue weighted by atomic mass is 10.1. The van der Waals surface area contributed by atoms with E-state index in [1.165, 1.54) is 18.5 Å². The molecule has 8 atom stereocenters. The molecule has 0 aliphatic carbocycles. The van der Waals surface area contributed by atoms with Gasteiger partial charge in [-0.2, -0.15) is 0 Å². The number of aryl methyl sites for hydroxylation is 2. The highest BCUT2D eigenvalue weighted by Crippen LogP contribution is 2.18. The lowest BCUT2D eigenvalue weighted by Gasteiger charge is -2.26. The minimum Gasteiger partial charge on any atom is -0.481 e. The summed E-state index contributed by atoms with van der Waals surface area (Å²) in [6.45, 7) is 24.5. The van der Waals surface area contributed by atoms with Gasteiger partial charge in [-0.3, -0.25) is 43.2 Å². The van der Waals surface area contributed by atoms with Crippen molar-refractivity contribution in [2.24, 2.45) is 5.73 Å². The molecule has 1 heterocycles. The zero-order valence-corrected chi connectivity index (χ0v) is 75.8. The first-order valence-electron chi connectivity index (χ1n) is 41.8. The van der Waals surface area contributed by atoms with Crippen LogP contribution in [0, 0.1) is 24.7 Å². The van der Waals surface area contributed by atoms with Crippen LogP contribution in [0.5, 0.6) is 0 Å². The van der Waals surface area contributed by atoms with Crippen molar-refractivity contribution in [1.29, 1.82) is 0 Å². The van der Waals surface area contributed by atoms with Gasteiger partial charge in [-0.05, 0) is 206 Å². The SMILES string of the molecule is C#CCCC(=O)NCCCC[C@H](NC(=O)N[C@@H](CCC(=O)O)C(=O)O)C(=O)O.C#CCCC(=O)NCCCC[C@H](NC(=O)N[C@@H](CCC(=O)OC(C)(C)C)C(=O)OC(C)(C)C)C(C)=O.CC(=O)[C@H](CCCCN)NC(=O)N[C@@H](CCC(=O)OC(C)(C)C)C(=O)OC(C)(C)C.O=C(O)CC[C@H](NC(=O)N[C@@H](CCCCNC(=O)CCc1cn(CC[18F])nn1)C(=O)O)C(=O)O. The Labute approximate surface area is 745 Å². The fraction of sp³-hybridized carbons (Fsp3) is 0.699. The average Bonchev–Trinajstić information content (AvgIpc) is 1.10. The minimum atomic E-state index is -1.48. The molecule has 0 bridgehead atoms. The molecule has 1 aromatic rings. The maximum atomic E-state index is 12.6. The summed E-state index contributed by atoms with van der Waals surface area (Å²) < 4.78 is 34.8. The molecule has 19 N–H and O–H groups in total. The van der Waals surface area contributed by atoms with E-state index in [-0.39, 0.29) is 113 Å². The summed E-state index contributed by atoms with van der Waals surface area (Å²) in [5.41, 5.74) is 3.14. The predicted octanol–water partition coefficient (Wildman–Crippen LogP) is 4.27. The monoisotopic (exact) mass is 1820 g/mol. The Morgan fingerprint density at radius 3 is 0.961 bits per heavy atom. The Morgan fingerprint density at radius 1 is 0.398 bits per heavy atom. The molecule has 0 spiro atoms. The molecule has 45 heteroatoms. The van der Waals surface area contributed by atoms with Gasteiger partial charge in [0.2, 0.25) is 17.7 Å². The standard InChI is InChI=1S/C26H43N3O7.C21H39N3O6.C19H29FN6O8.C17H25N3O8/c1-9-10-14-21(31)27-17-12-11-13-19(18(2)30)28-24(34)29-20(23(33)36-26(6,7)8)15-16-22(32)35-25(3,4)5;1-14(25)15(10-8-9-13-22)23-19(28)24-16(18(27)30-21(5,6)7)11-12-17(26)29-20(2,3)4;20-8-10-26-11-12(24-25-26)4-6-15(27)21-9-2-1-3-13(17(30)31)22-19(34)23-14(18(32)33)5-7-16(28)29;1-2-3-7-13(21)18-10-5-4-6-11(15(24)25)19-17(28)20-12(16(26)27)8-9-14(22)23/h1,19-20H,10-17H2,2-8H3,(H,27,31)(H2,28,29,34);15-16H,8-13,22H2,1-7H3,(H2,23,24,28);11,13-14H,1-10H2,(H,21,27)(H,28,29)(H,30,31)(H,32,33)(H2,22,23,34);1,11-12H,3-10H2,(H,18,21)(H,22,23)(H,24,25)(H,26,27)(H2,19,20,28)/t19-,20-;15-,16-;13-,14-;11-,12-/m0000/s1/i;;20-1;. The third-order valence-corrected chi connectivity index (χ3v) is 16.6. The van der Waals surface area contributed by atoms with Crippen LogP contribution in [0.1, 0.15) is 263 Å². The summed E-state index contributed by atoms with van der Waals surface area (Å²) in [4.78, 5) is 223. The van der Waals surface area contributed by atoms with Crippen molar-refractivity contribution in [2.45, 2.75) is 341 Å². The van der Waals surface area contributed by atoms with Gasteiger partial charge in [-0.1, -0.05) is 5.21 Å². The summed E-state index contributed by atoms with van der Waals surface area (Å²) in [5.74, 6) is -6.56. The van der Waals surface area contributed by atoms with Gasteiger partial charge in [0.25, 0.3) is 0 Å². The van der Waals surface area contributed by atoms with Crippen molar-refractivity contribution in [1.82, 2.24) is 73.5 Å². The number of carbonyl (C=O) groups excluding carboxylic acids is 13. The van der Waals surface area contributed by atoms with E-state index in [0.717, 1.165) is 6.42 Å². The summed E-state index contributed by atoms with van der Waals surface area (Å²) in [7, 11) is 0. The molecular formula is C83H136FN15O29. The van der Waals surface area contributed by atoms with E-state index in [4.69, 9.17) is 63.1 Å². The Morgan fingerprint density at radius 2 is 0.680 bits per heavy atom. The number of ether oxygens (including phenoxy) is 4. The van der Waals surface area contributed by atoms with Crippen LogP contribution in [-0.4, -0.2) is 262 Å². The molecule has 1 aromatic heterocycles. The first-order chi connectivity index (χ1) is 59.5. The zero-order chi connectivity index (χ0) is 98.5. The largest absolute Gasteiger partial charge is 0.481 e. The maximum absolute atomic E-state index is 12.6. The van der Waals surface area contributed by atoms with Crippen LogP contribution in [0.25, 0.3) is 0 Å². The van der Waals surface area contributed by atoms with E-state index in [2.05, 4.69) is 70.0 Å². The van der Waals surface area contributed by atoms with E-state index in [0.29, 0.717) is 102 Å². The third-order valence-electron chi connectivity index (χ3n) is 16.6. The molecular weight excluding hydrogens is 1690 g/mol. The molecule has 0 saturated carbocycles. The van der Waals surface area contributed by atoms with E-state index in [1.807, 2.05) is 10.6 Å². The van der Waals surface area contributed by atoms with Crippen molar-refractivity contribution < 1.29 is 145 Å². The number of carboxylic acid groups (broad SMARTS) is 6. The second-order valence-corrected chi connectivity index (χ2v) is 33.0. The number of ketones is 2. The highest BCUT2D eigenvalue weighted by atomic mass is 18.2. The number of halogens is 1. The summed E-state index contributed by atoms with van der Waals surface area (Å²) >= 11 is 0. The first-order valence-corrected chi connectivity index (χ1v) is 41.8. The highest BCUT2D eigenvalue weighted by Gasteiger charge is 2.33. The van der Waals surface area contributed by atoms with Crippen LogP contribution in [-0.2, 0) is 104 Å². The van der Waals surface area contributed by atoms with Crippen LogP contribution in [0.4, 0.5) is 23.6 Å². The molecule has 128 heavy (non-hydrogen) atoms. The third kappa shape index (κ3) is 68.0. The number of aromatic nitrogens is 3. The van der Waals surface area contributed by atoms with Gasteiger partial charge in [0.05, 0.1) is 24.3 Å². The molecule has 724 valence electrons. The lowest BCUT2D eigenvalue weighted by molar-refractivity contribution is -0.160. The number of nitrogens with two attached hydrogens (primary N) is 1. The Hall–Kier alpha value is -12.3. The normalized spacial score (nSPS) is 12.8. The molecule has 0 aliphatic heterocycles. The summed E-state index contributed by atoms with van der Waals surface area (Å²) in [6, 6.07) is -12.6. The van der Waals surface area contributed by atoms with Crippen LogP contribution < -0.4 is 64.2 Å². The van der Waals surface area contributed by atoms with Crippen molar-refractivity contribution in [2.75, 3.05) is 32.9 Å². The molecule has 0 aliphatic rings. The van der Waals surface area contributed by atoms with E-state index < -0.39 is 174 Å². The average molecular weight is 1830 g/mol. The van der Waals surface area contributed by atoms with Crippen molar-refractivity contribution in [3.8, 4) is 24.7 Å². The van der Waals surface area contributed by atoms with Crippen LogP contribution in [0.2, 0.25) is 0 Å². The number of Topliss-reactive ketones (excluding diaryl/α,β-unsaturated/α-hetero) is 2. The fourth-order valence-corrected chi connectivity index (χ4v) is 10.4. The van der Waals surface area contributed by atoms with Crippen LogP contribution in [0.3, 0.4) is 0 Å². The zero-order valence-electron chi connectivity index (χ0n) is 75.8. The lowest BCUT2D eigenvalue weighted by Crippen LogP contribution is -2.52. The van der Waals surface area contributed by atoms with E-state index in [9.17, 15) is 101 Å². The number of urea groups is 4. The second kappa shape index (κ2) is 65.3. The van der Waals surface area contributed by atoms with Gasteiger partial charge < -0.3 is 114 Å². The predicted molar refractivity (Wildman–Crippen MR) is 458 cm³/mol. The number of unbranched alkanes of at least 4 members (excludes halogenated alkanes) is 4. The number of nitrogens with zero attached hydrogens (tertiary/aromatic N) is 3. The fourth-order valence-electron chi connectivity index (χ4n) is 10.4. The Balaban J connectivity index is -0.00000164. The van der Waals surface area contributed by atoms with Gasteiger partial charge in [0.15, 0.2) is 11.6 Å². The van der Waals surface area contributed by atoms with E-state index in [1.54, 1.807) is 89.3 Å². The maximum Gasteiger partial charge on any atom is 0.329 e. The number of alkyl halides is 1. The molecule has 1 rings (SSSR count). The number of esters is 4. The second-order valence-electron chi connectivity index (χ2n) is 33.0. The number of carbonyl (C=O) groups is 19. The van der Waals surface area contributed by atoms with Crippen LogP contribution in [0.15, 0.2) is 6.20 Å². The van der Waals surface area contributed by atoms with Gasteiger partial charge >= 0.3 is 83.8 Å². The number of nitrogens with one attached hydrogen (secondary N) is 11. The number of terminal acetylenes is 2. The molecule has 0 fully saturated rings. The smallest absolute Gasteiger partial charge is 0.329 e. The number of hydrogen-bond donors (Lipinski definition) is 18. The van der Waals surface area contributed by atoms with Crippen molar-refractivity contribution in [3.63, 3.8) is 0 Å². The van der Waals surface area contributed by atoms with Crippen molar-refractivity contribution >= 4 is 113 Å². The van der Waals surface area contributed by atoms with Gasteiger partial charge in [-0.15, -0.1) is 29.8 Å². The minimum absolute atomic E-state index is 0.00909. The molecule has 0 aromatic carbocycles. The Bertz CT molecular complexity index is 3820. The van der Waals surface area contributed by atoms with Gasteiger partial charge in [0.1, 0.15) is 65.3 Å². The molecule has 44 nitrogen and oxygen atoms in total. The number of carboxylic acids is 6. The molecule has 0 unspecified atom stereocenters. The van der Waals surface area contributed by atoms with Crippen molar-refractivity contribution in [3.05, 3.63) is 11.9 Å². The van der Waals surface area contributed by atoms with Gasteiger partial charge in [-0.25, -0.2) is 57.0 Å². The van der Waals surface area contributed by atoms with Crippen LogP contribution >= 0.6 is 0 Å². The quantitative estimate of drug-likeness (QED) is 0.0187. The number of hydrogen-bond acceptors (Lipinski definition) is 26. The molecule has 11 amide bonds. The highest BCUT2D eigenvalue weighted by molar-refractivity contribution is 5.91. The summed E-state index contributed by atoms with van der Waals surface area (Å²) in [6.07, 6.45) is 16.7. The van der Waals surface area contributed by atoms with Gasteiger partial charge in [0, 0.05) is 90.0 Å². The molecule has 0 radical (unpaired) electrons. The number of aliphatic carboxylic acids is 6. The molecule has 0 saturated heterocycles. The first kappa shape index (κ1) is 120.